The molecule has 1 fully saturated rings. The zero-order valence-electron chi connectivity index (χ0n) is 10.4. The number of carbonyl (C=O) groups excluding carboxylic acids is 3. The minimum absolute atomic E-state index is 0.0103. The third kappa shape index (κ3) is 1.98. The smallest absolute Gasteiger partial charge is 0.320 e. The first kappa shape index (κ1) is 14.9. The van der Waals surface area contributed by atoms with Crippen LogP contribution in [0.2, 0.25) is 0 Å². The van der Waals surface area contributed by atoms with Crippen molar-refractivity contribution in [2.75, 3.05) is 19.5 Å². The molecule has 0 aromatic heterocycles. The van der Waals surface area contributed by atoms with Crippen molar-refractivity contribution in [3.63, 3.8) is 0 Å². The third-order valence-corrected chi connectivity index (χ3v) is 3.74. The maximum absolute atomic E-state index is 12.0. The van der Waals surface area contributed by atoms with Gasteiger partial charge in [-0.15, -0.1) is 0 Å². The lowest BCUT2D eigenvalue weighted by molar-refractivity contribution is -0.156. The number of carbonyl (C=O) groups is 3. The van der Waals surface area contributed by atoms with Crippen molar-refractivity contribution in [3.8, 4) is 0 Å². The number of esters is 2. The molecule has 18 heavy (non-hydrogen) atoms. The number of halogens is 1. The largest absolute Gasteiger partial charge is 0.469 e. The van der Waals surface area contributed by atoms with E-state index in [1.165, 1.54) is 14.2 Å². The highest BCUT2D eigenvalue weighted by atomic mass is 79.9. The molecule has 1 aliphatic carbocycles. The van der Waals surface area contributed by atoms with Crippen LogP contribution in [0.25, 0.3) is 0 Å². The Balaban J connectivity index is 3.21. The number of ketones is 1. The van der Waals surface area contributed by atoms with Crippen molar-refractivity contribution in [1.29, 1.82) is 0 Å². The van der Waals surface area contributed by atoms with E-state index in [1.54, 1.807) is 19.1 Å². The molecule has 0 saturated heterocycles. The first-order chi connectivity index (χ1) is 8.51. The van der Waals surface area contributed by atoms with E-state index < -0.39 is 29.2 Å². The molecule has 0 spiro atoms. The molecule has 0 N–H and O–H groups in total. The maximum atomic E-state index is 12.0. The van der Waals surface area contributed by atoms with Gasteiger partial charge >= 0.3 is 11.9 Å². The van der Waals surface area contributed by atoms with Gasteiger partial charge in [0.1, 0.15) is 5.41 Å². The molecule has 3 unspecified atom stereocenters. The highest BCUT2D eigenvalue weighted by Crippen LogP contribution is 2.61. The van der Waals surface area contributed by atoms with E-state index in [1.807, 2.05) is 0 Å². The highest BCUT2D eigenvalue weighted by molar-refractivity contribution is 9.09. The molecule has 5 nitrogen and oxygen atoms in total. The minimum Gasteiger partial charge on any atom is -0.469 e. The number of Topliss-reactive ketones (excluding diaryl/α,β-unsaturated/α-hetero) is 1. The second-order valence-electron chi connectivity index (χ2n) is 3.97. The van der Waals surface area contributed by atoms with Crippen LogP contribution in [0.15, 0.2) is 12.2 Å². The van der Waals surface area contributed by atoms with Crippen LogP contribution < -0.4 is 0 Å². The van der Waals surface area contributed by atoms with Crippen LogP contribution in [0.5, 0.6) is 0 Å². The Morgan fingerprint density at radius 1 is 1.28 bits per heavy atom. The summed E-state index contributed by atoms with van der Waals surface area (Å²) in [5, 5.41) is -0.0103. The Bertz CT molecular complexity index is 385. The molecule has 1 rings (SSSR count). The van der Waals surface area contributed by atoms with Gasteiger partial charge in [0.05, 0.1) is 25.5 Å². The van der Waals surface area contributed by atoms with Gasteiger partial charge in [-0.3, -0.25) is 14.4 Å². The number of methoxy groups -OCH3 is 2. The summed E-state index contributed by atoms with van der Waals surface area (Å²) in [5.41, 5.74) is -1.43. The summed E-state index contributed by atoms with van der Waals surface area (Å²) in [6.07, 6.45) is 3.37. The average Bonchev–Trinajstić information content (AvgIpc) is 3.06. The molecule has 0 aromatic carbocycles. The maximum Gasteiger partial charge on any atom is 0.320 e. The van der Waals surface area contributed by atoms with E-state index in [4.69, 9.17) is 0 Å². The summed E-state index contributed by atoms with van der Waals surface area (Å²) >= 11 is 3.03. The fourth-order valence-corrected chi connectivity index (χ4v) is 2.82. The fraction of sp³-hybridized carbons (Fsp3) is 0.583. The van der Waals surface area contributed by atoms with Crippen LogP contribution >= 0.6 is 15.9 Å². The van der Waals surface area contributed by atoms with Crippen LogP contribution in [-0.4, -0.2) is 37.3 Å². The van der Waals surface area contributed by atoms with Gasteiger partial charge in [0.25, 0.3) is 0 Å². The van der Waals surface area contributed by atoms with Crippen molar-refractivity contribution in [2.24, 2.45) is 17.3 Å². The number of rotatable bonds is 5. The van der Waals surface area contributed by atoms with E-state index in [0.29, 0.717) is 0 Å². The van der Waals surface area contributed by atoms with Crippen molar-refractivity contribution >= 4 is 33.7 Å². The van der Waals surface area contributed by atoms with E-state index in [0.717, 1.165) is 0 Å². The summed E-state index contributed by atoms with van der Waals surface area (Å²) in [6, 6.07) is 0. The Morgan fingerprint density at radius 2 is 1.89 bits per heavy atom. The summed E-state index contributed by atoms with van der Waals surface area (Å²) < 4.78 is 9.33. The monoisotopic (exact) mass is 318 g/mol. The number of allylic oxidation sites excluding steroid dienone is 2. The zero-order chi connectivity index (χ0) is 13.9. The molecule has 0 radical (unpaired) electrons. The van der Waals surface area contributed by atoms with Crippen LogP contribution in [0.4, 0.5) is 0 Å². The summed E-state index contributed by atoms with van der Waals surface area (Å²) in [7, 11) is 2.43. The quantitative estimate of drug-likeness (QED) is 0.328. The van der Waals surface area contributed by atoms with Gasteiger partial charge in [-0.05, 0) is 6.92 Å². The Hall–Kier alpha value is -1.17. The van der Waals surface area contributed by atoms with E-state index in [9.17, 15) is 14.4 Å². The Labute approximate surface area is 114 Å². The van der Waals surface area contributed by atoms with Gasteiger partial charge in [-0.1, -0.05) is 28.1 Å². The molecule has 0 amide bonds. The van der Waals surface area contributed by atoms with Gasteiger partial charge in [0.2, 0.25) is 0 Å². The minimum atomic E-state index is -1.43. The molecular weight excluding hydrogens is 304 g/mol. The number of hydrogen-bond acceptors (Lipinski definition) is 5. The molecule has 0 aromatic rings. The second kappa shape index (κ2) is 5.65. The molecule has 1 saturated carbocycles. The van der Waals surface area contributed by atoms with Crippen LogP contribution in [0.3, 0.4) is 0 Å². The fourth-order valence-electron chi connectivity index (χ4n) is 2.36. The molecule has 1 aliphatic rings. The van der Waals surface area contributed by atoms with E-state index in [-0.39, 0.29) is 11.1 Å². The van der Waals surface area contributed by atoms with Crippen LogP contribution in [0.1, 0.15) is 6.92 Å². The molecule has 6 heteroatoms. The Kier molecular flexibility index (Phi) is 4.67. The van der Waals surface area contributed by atoms with Gasteiger partial charge in [-0.2, -0.15) is 0 Å². The number of ether oxygens (including phenoxy) is 2. The lowest BCUT2D eigenvalue weighted by atomic mass is 9.96. The molecule has 0 bridgehead atoms. The average molecular weight is 319 g/mol. The van der Waals surface area contributed by atoms with Crippen molar-refractivity contribution in [3.05, 3.63) is 12.2 Å². The lowest BCUT2D eigenvalue weighted by Gasteiger charge is -2.11. The molecule has 0 aliphatic heterocycles. The highest BCUT2D eigenvalue weighted by Gasteiger charge is 2.77. The van der Waals surface area contributed by atoms with Crippen molar-refractivity contribution < 1.29 is 23.9 Å². The molecule has 0 heterocycles. The zero-order valence-corrected chi connectivity index (χ0v) is 12.0. The van der Waals surface area contributed by atoms with Gasteiger partial charge in [-0.25, -0.2) is 0 Å². The first-order valence-electron chi connectivity index (χ1n) is 5.40. The first-order valence-corrected chi connectivity index (χ1v) is 6.52. The molecule has 100 valence electrons. The SMILES string of the molecule is C/C=C\C1C(C(=O)OC)C1(C(=O)CBr)C(=O)OC. The van der Waals surface area contributed by atoms with Crippen LogP contribution in [-0.2, 0) is 23.9 Å². The van der Waals surface area contributed by atoms with Gasteiger partial charge in [0, 0.05) is 5.92 Å². The predicted octanol–water partition coefficient (Wildman–Crippen LogP) is 1.10. The molecule has 3 atom stereocenters. The topological polar surface area (TPSA) is 69.7 Å². The van der Waals surface area contributed by atoms with Gasteiger partial charge < -0.3 is 9.47 Å². The Morgan fingerprint density at radius 3 is 2.28 bits per heavy atom. The van der Waals surface area contributed by atoms with Gasteiger partial charge in [0.15, 0.2) is 5.78 Å². The second-order valence-corrected chi connectivity index (χ2v) is 4.53. The van der Waals surface area contributed by atoms with Crippen molar-refractivity contribution in [2.45, 2.75) is 6.92 Å². The predicted molar refractivity (Wildman–Crippen MR) is 67.1 cm³/mol. The van der Waals surface area contributed by atoms with Crippen molar-refractivity contribution in [1.82, 2.24) is 0 Å². The lowest BCUT2D eigenvalue weighted by Crippen LogP contribution is -2.33. The summed E-state index contributed by atoms with van der Waals surface area (Å²) in [4.78, 5) is 35.6. The summed E-state index contributed by atoms with van der Waals surface area (Å²) in [5.74, 6) is -2.92. The normalized spacial score (nSPS) is 30.0. The van der Waals surface area contributed by atoms with E-state index >= 15 is 0 Å². The third-order valence-electron chi connectivity index (χ3n) is 3.23. The number of alkyl halides is 1. The summed E-state index contributed by atoms with van der Waals surface area (Å²) in [6.45, 7) is 1.76. The number of hydrogen-bond donors (Lipinski definition) is 0. The van der Waals surface area contributed by atoms with E-state index in [2.05, 4.69) is 25.4 Å². The molecular formula is C12H15BrO5. The van der Waals surface area contributed by atoms with Crippen LogP contribution in [0, 0.1) is 17.3 Å². The standard InChI is InChI=1S/C12H15BrO5/c1-4-5-7-9(10(15)17-2)12(7,8(14)6-13)11(16)18-3/h4-5,7,9H,6H2,1-3H3/b5-4-.